The highest BCUT2D eigenvalue weighted by Gasteiger charge is 2.32. The maximum absolute atomic E-state index is 13.1. The number of aromatic nitrogens is 5. The van der Waals surface area contributed by atoms with E-state index >= 15 is 0 Å². The number of anilines is 1. The molecule has 8 rings (SSSR count). The molecule has 0 bridgehead atoms. The number of imidazole rings is 1. The van der Waals surface area contributed by atoms with Crippen LogP contribution in [0, 0.1) is 0 Å². The Balaban J connectivity index is 0.786. The number of fused-ring (bicyclic) bond motifs is 2. The molecule has 3 N–H and O–H groups in total. The lowest BCUT2D eigenvalue weighted by Crippen LogP contribution is -2.47. The number of nitrogens with one attached hydrogen (secondary N) is 2. The molecule has 1 aliphatic carbocycles. The molecule has 2 saturated heterocycles. The molecule has 338 valence electrons. The van der Waals surface area contributed by atoms with Gasteiger partial charge in [0.25, 0.3) is 0 Å². The Morgan fingerprint density at radius 2 is 1.70 bits per heavy atom. The van der Waals surface area contributed by atoms with Gasteiger partial charge in [-0.3, -0.25) is 28.9 Å². The number of halogens is 3. The molecule has 0 radical (unpaired) electrons. The Bertz CT molecular complexity index is 2450. The Hall–Kier alpha value is -5.10. The highest BCUT2D eigenvalue weighted by Crippen LogP contribution is 2.37. The van der Waals surface area contributed by atoms with E-state index in [2.05, 4.69) is 67.4 Å². The first-order valence-electron chi connectivity index (χ1n) is 22.4. The lowest BCUT2D eigenvalue weighted by molar-refractivity contribution is -0.136. The number of piperazine rings is 1. The Morgan fingerprint density at radius 1 is 0.952 bits per heavy atom. The van der Waals surface area contributed by atoms with Crippen LogP contribution in [-0.2, 0) is 27.8 Å². The van der Waals surface area contributed by atoms with Gasteiger partial charge in [0.15, 0.2) is 0 Å². The molecule has 63 heavy (non-hydrogen) atoms. The molecule has 3 aromatic heterocycles. The molecule has 5 aromatic rings. The number of aliphatic hydroxyl groups is 1. The third-order valence-corrected chi connectivity index (χ3v) is 13.2. The van der Waals surface area contributed by atoms with E-state index in [-0.39, 0.29) is 48.7 Å². The minimum Gasteiger partial charge on any atom is -0.393 e. The first kappa shape index (κ1) is 44.5. The number of imide groups is 1. The van der Waals surface area contributed by atoms with Crippen LogP contribution in [0.1, 0.15) is 94.0 Å². The van der Waals surface area contributed by atoms with Crippen LogP contribution in [0.5, 0.6) is 0 Å². The quantitative estimate of drug-likeness (QED) is 0.0763. The average molecular weight is 874 g/mol. The Labute approximate surface area is 364 Å². The van der Waals surface area contributed by atoms with Gasteiger partial charge in [0.1, 0.15) is 11.7 Å². The zero-order valence-electron chi connectivity index (χ0n) is 36.1. The second-order valence-electron chi connectivity index (χ2n) is 17.4. The number of aliphatic hydroxyl groups excluding tert-OH is 1. The van der Waals surface area contributed by atoms with Gasteiger partial charge in [0, 0.05) is 101 Å². The monoisotopic (exact) mass is 873 g/mol. The number of hydrogen-bond donors (Lipinski definition) is 3. The number of carbonyl (C=O) groups is 2. The van der Waals surface area contributed by atoms with Crippen molar-refractivity contribution in [2.24, 2.45) is 7.05 Å². The molecular formula is C46H58F3N9O5. The van der Waals surface area contributed by atoms with Crippen LogP contribution in [-0.4, -0.2) is 115 Å². The summed E-state index contributed by atoms with van der Waals surface area (Å²) in [4.78, 5) is 51.3. The molecule has 1 saturated carbocycles. The average Bonchev–Trinajstić information content (AvgIpc) is 3.76. The summed E-state index contributed by atoms with van der Waals surface area (Å²) in [5, 5.41) is 16.1. The highest BCUT2D eigenvalue weighted by atomic mass is 19.4. The molecule has 3 aliphatic rings. The van der Waals surface area contributed by atoms with Crippen molar-refractivity contribution in [2.75, 3.05) is 57.8 Å². The molecule has 17 heteroatoms. The number of alkyl halides is 3. The molecule has 0 spiro atoms. The van der Waals surface area contributed by atoms with Crippen LogP contribution in [0.25, 0.3) is 33.2 Å². The van der Waals surface area contributed by atoms with Crippen molar-refractivity contribution in [1.82, 2.24) is 38.8 Å². The maximum atomic E-state index is 13.1. The maximum Gasteiger partial charge on any atom is 0.390 e. The minimum absolute atomic E-state index is 0.128. The van der Waals surface area contributed by atoms with E-state index in [1.54, 1.807) is 17.8 Å². The van der Waals surface area contributed by atoms with Gasteiger partial charge in [-0.2, -0.15) is 18.2 Å². The highest BCUT2D eigenvalue weighted by molar-refractivity contribution is 6.00. The van der Waals surface area contributed by atoms with Crippen molar-refractivity contribution in [1.29, 1.82) is 0 Å². The summed E-state index contributed by atoms with van der Waals surface area (Å²) < 4.78 is 49.6. The van der Waals surface area contributed by atoms with Gasteiger partial charge in [-0.1, -0.05) is 30.3 Å². The topological polar surface area (TPSA) is 152 Å². The van der Waals surface area contributed by atoms with Crippen molar-refractivity contribution < 1.29 is 32.6 Å². The van der Waals surface area contributed by atoms with Gasteiger partial charge in [0.2, 0.25) is 17.8 Å². The van der Waals surface area contributed by atoms with Crippen LogP contribution in [0.2, 0.25) is 0 Å². The fourth-order valence-electron chi connectivity index (χ4n) is 9.47. The van der Waals surface area contributed by atoms with Crippen molar-refractivity contribution in [2.45, 2.75) is 102 Å². The molecular weight excluding hydrogens is 816 g/mol. The Kier molecular flexibility index (Phi) is 13.7. The zero-order valence-corrected chi connectivity index (χ0v) is 36.1. The molecule has 1 unspecified atom stereocenters. The zero-order chi connectivity index (χ0) is 44.3. The third-order valence-electron chi connectivity index (χ3n) is 13.2. The second-order valence-corrected chi connectivity index (χ2v) is 17.4. The van der Waals surface area contributed by atoms with Crippen molar-refractivity contribution in [3.63, 3.8) is 0 Å². The lowest BCUT2D eigenvalue weighted by atomic mass is 9.93. The summed E-state index contributed by atoms with van der Waals surface area (Å²) in [5.74, 6) is -0.573. The number of aryl methyl sites for hydroxylation is 2. The van der Waals surface area contributed by atoms with E-state index < -0.39 is 24.5 Å². The van der Waals surface area contributed by atoms with Crippen LogP contribution < -0.4 is 16.3 Å². The van der Waals surface area contributed by atoms with E-state index in [4.69, 9.17) is 9.72 Å². The first-order chi connectivity index (χ1) is 30.3. The molecule has 2 atom stereocenters. The van der Waals surface area contributed by atoms with Gasteiger partial charge in [-0.05, 0) is 87.1 Å². The number of nitrogens with zero attached hydrogens (tertiary/aromatic N) is 7. The molecule has 5 heterocycles. The molecule has 14 nitrogen and oxygen atoms in total. The molecule has 2 aromatic carbocycles. The third kappa shape index (κ3) is 10.3. The number of carbonyl (C=O) groups excluding carboxylic acids is 2. The number of hydrogen-bond acceptors (Lipinski definition) is 10. The predicted octanol–water partition coefficient (Wildman–Crippen LogP) is 6.29. The summed E-state index contributed by atoms with van der Waals surface area (Å²) in [5.41, 5.74) is 6.19. The summed E-state index contributed by atoms with van der Waals surface area (Å²) in [6, 6.07) is 14.2. The standard InChI is InChI=1S/C46H58F3N9O5/c1-30(32-7-9-33(10-8-32)37-29-57(34-11-13-35(59)14-12-34)42-36(37)28-51-44(53-42)50-19-18-46(47,48)49)56-23-21-55(22-24-56)20-4-26-63-25-3-5-31-6-15-38-40(27-31)54(2)45(62)58(38)39-16-17-41(60)52-43(39)61/h6-10,15,27-30,34-35,39,59H,3-5,11-14,16-26H2,1-2H3,(H,50,51,53)(H,52,60,61)/t30-,34-,35-,39?/m0/s1. The summed E-state index contributed by atoms with van der Waals surface area (Å²) in [6.07, 6.45) is 4.35. The smallest absolute Gasteiger partial charge is 0.390 e. The largest absolute Gasteiger partial charge is 0.393 e. The summed E-state index contributed by atoms with van der Waals surface area (Å²) in [7, 11) is 1.71. The molecule has 3 fully saturated rings. The summed E-state index contributed by atoms with van der Waals surface area (Å²) in [6.45, 7) is 8.19. The van der Waals surface area contributed by atoms with Crippen LogP contribution in [0.3, 0.4) is 0 Å². The van der Waals surface area contributed by atoms with Crippen LogP contribution >= 0.6 is 0 Å². The number of amides is 2. The van der Waals surface area contributed by atoms with Gasteiger partial charge < -0.3 is 24.6 Å². The van der Waals surface area contributed by atoms with Crippen LogP contribution in [0.15, 0.2) is 59.7 Å². The fraction of sp³-hybridized carbons (Fsp3) is 0.543. The van der Waals surface area contributed by atoms with E-state index in [1.807, 2.05) is 18.2 Å². The first-order valence-corrected chi connectivity index (χ1v) is 22.4. The normalized spacial score (nSPS) is 21.0. The van der Waals surface area contributed by atoms with E-state index in [9.17, 15) is 32.7 Å². The van der Waals surface area contributed by atoms with E-state index in [0.717, 1.165) is 92.4 Å². The summed E-state index contributed by atoms with van der Waals surface area (Å²) >= 11 is 0. The van der Waals surface area contributed by atoms with Gasteiger partial charge >= 0.3 is 11.9 Å². The number of piperidine rings is 1. The van der Waals surface area contributed by atoms with Crippen molar-refractivity contribution in [3.8, 4) is 11.1 Å². The van der Waals surface area contributed by atoms with Crippen LogP contribution in [0.4, 0.5) is 19.1 Å². The van der Waals surface area contributed by atoms with Gasteiger partial charge in [0.05, 0.1) is 23.6 Å². The SMILES string of the molecule is C[C@@H](c1ccc(-c2cn([C@H]3CC[C@H](O)CC3)c3nc(NCCC(F)(F)F)ncc23)cc1)N1CCN(CCCOCCCc2ccc3c(c2)n(C)c(=O)n3C2CCC(=O)NC2=O)CC1. The Morgan fingerprint density at radius 3 is 2.43 bits per heavy atom. The molecule has 2 amide bonds. The van der Waals surface area contributed by atoms with E-state index in [1.165, 1.54) is 10.1 Å². The minimum atomic E-state index is -4.27. The predicted molar refractivity (Wildman–Crippen MR) is 234 cm³/mol. The van der Waals surface area contributed by atoms with Crippen molar-refractivity contribution >= 4 is 39.8 Å². The van der Waals surface area contributed by atoms with E-state index in [0.29, 0.717) is 43.6 Å². The van der Waals surface area contributed by atoms with Gasteiger partial charge in [-0.15, -0.1) is 0 Å². The van der Waals surface area contributed by atoms with Crippen molar-refractivity contribution in [3.05, 3.63) is 76.5 Å². The number of rotatable bonds is 16. The lowest BCUT2D eigenvalue weighted by Gasteiger charge is -2.38. The fourth-order valence-corrected chi connectivity index (χ4v) is 9.47. The second kappa shape index (κ2) is 19.3. The number of benzene rings is 2. The number of ether oxygens (including phenoxy) is 1. The molecule has 2 aliphatic heterocycles. The van der Waals surface area contributed by atoms with Gasteiger partial charge in [-0.25, -0.2) is 9.78 Å².